The highest BCUT2D eigenvalue weighted by molar-refractivity contribution is 5.30. The van der Waals surface area contributed by atoms with Crippen molar-refractivity contribution in [2.45, 2.75) is 38.0 Å². The van der Waals surface area contributed by atoms with Crippen LogP contribution in [-0.2, 0) is 19.1 Å². The molecule has 152 valence electrons. The van der Waals surface area contributed by atoms with E-state index in [2.05, 4.69) is 15.5 Å². The first-order valence-corrected chi connectivity index (χ1v) is 9.84. The number of aromatic nitrogens is 4. The average molecular weight is 402 g/mol. The van der Waals surface area contributed by atoms with Crippen LogP contribution in [0.15, 0.2) is 54.6 Å². The van der Waals surface area contributed by atoms with Crippen LogP contribution in [0.25, 0.3) is 0 Å². The number of aryl methyl sites for hydroxylation is 2. The molecule has 0 radical (unpaired) electrons. The Labute approximate surface area is 167 Å². The smallest absolute Gasteiger partial charge is 0.322 e. The lowest BCUT2D eigenvalue weighted by Crippen LogP contribution is -3.10. The number of rotatable bonds is 6. The van der Waals surface area contributed by atoms with E-state index < -0.39 is 11.7 Å². The van der Waals surface area contributed by atoms with E-state index in [1.54, 1.807) is 10.7 Å². The maximum atomic E-state index is 13.3. The lowest BCUT2D eigenvalue weighted by atomic mass is 10.0. The summed E-state index contributed by atoms with van der Waals surface area (Å²) in [4.78, 5) is 1.21. The molecule has 0 aliphatic carbocycles. The Morgan fingerprint density at radius 1 is 1.00 bits per heavy atom. The molecule has 0 spiro atoms. The summed E-state index contributed by atoms with van der Waals surface area (Å²) in [5, 5.41) is 12.2. The lowest BCUT2D eigenvalue weighted by Gasteiger charge is -2.24. The fraction of sp³-hybridized carbons (Fsp3) is 0.381. The summed E-state index contributed by atoms with van der Waals surface area (Å²) >= 11 is 0. The van der Waals surface area contributed by atoms with E-state index >= 15 is 0 Å². The Morgan fingerprint density at radius 3 is 2.48 bits per heavy atom. The van der Waals surface area contributed by atoms with Gasteiger partial charge < -0.3 is 4.90 Å². The van der Waals surface area contributed by atoms with Crippen LogP contribution in [0.3, 0.4) is 0 Å². The molecule has 2 aromatic carbocycles. The summed E-state index contributed by atoms with van der Waals surface area (Å²) in [7, 11) is 0. The molecule has 0 amide bonds. The molecule has 8 heteroatoms. The molecule has 1 aliphatic rings. The molecule has 0 unspecified atom stereocenters. The van der Waals surface area contributed by atoms with Crippen LogP contribution < -0.4 is 4.90 Å². The van der Waals surface area contributed by atoms with Crippen molar-refractivity contribution in [2.24, 2.45) is 0 Å². The zero-order valence-corrected chi connectivity index (χ0v) is 15.9. The molecule has 0 saturated carbocycles. The molecule has 1 fully saturated rings. The third kappa shape index (κ3) is 4.48. The highest BCUT2D eigenvalue weighted by atomic mass is 19.4. The topological polar surface area (TPSA) is 48.0 Å². The second kappa shape index (κ2) is 8.32. The number of nitrogens with one attached hydrogen (secondary N) is 1. The van der Waals surface area contributed by atoms with Crippen molar-refractivity contribution in [2.75, 3.05) is 13.1 Å². The second-order valence-electron chi connectivity index (χ2n) is 7.42. The summed E-state index contributed by atoms with van der Waals surface area (Å²) in [5.41, 5.74) is 1.13. The second-order valence-corrected chi connectivity index (χ2v) is 7.42. The maximum absolute atomic E-state index is 13.3. The number of benzene rings is 2. The molecule has 2 heterocycles. The molecule has 3 aromatic rings. The molecule has 1 aromatic heterocycles. The van der Waals surface area contributed by atoms with E-state index in [4.69, 9.17) is 0 Å². The van der Waals surface area contributed by atoms with Crippen molar-refractivity contribution in [3.8, 4) is 0 Å². The van der Waals surface area contributed by atoms with Gasteiger partial charge in [-0.1, -0.05) is 42.5 Å². The number of halogens is 3. The minimum atomic E-state index is -4.37. The van der Waals surface area contributed by atoms with Crippen LogP contribution in [0.2, 0.25) is 0 Å². The summed E-state index contributed by atoms with van der Waals surface area (Å²) in [6, 6.07) is 15.3. The normalized spacial score (nSPS) is 16.2. The number of nitrogens with zero attached hydrogens (tertiary/aromatic N) is 4. The highest BCUT2D eigenvalue weighted by Crippen LogP contribution is 2.31. The maximum Gasteiger partial charge on any atom is 0.416 e. The summed E-state index contributed by atoms with van der Waals surface area (Å²) in [5.74, 6) is 0.622. The Balaban J connectivity index is 1.66. The molecule has 4 rings (SSSR count). The molecular formula is C21H23F3N5+. The number of tetrazole rings is 1. The molecule has 1 saturated heterocycles. The third-order valence-electron chi connectivity index (χ3n) is 5.47. The first kappa shape index (κ1) is 19.6. The molecule has 1 atom stereocenters. The molecule has 5 nitrogen and oxygen atoms in total. The van der Waals surface area contributed by atoms with E-state index in [-0.39, 0.29) is 6.04 Å². The summed E-state index contributed by atoms with van der Waals surface area (Å²) < 4.78 is 41.6. The number of alkyl halides is 3. The molecule has 1 N–H and O–H groups in total. The van der Waals surface area contributed by atoms with E-state index in [0.29, 0.717) is 17.9 Å². The van der Waals surface area contributed by atoms with Gasteiger partial charge in [-0.25, -0.2) is 4.68 Å². The number of quaternary nitrogens is 1. The van der Waals surface area contributed by atoms with Gasteiger partial charge in [-0.3, -0.25) is 0 Å². The van der Waals surface area contributed by atoms with E-state index in [1.165, 1.54) is 17.0 Å². The van der Waals surface area contributed by atoms with Crippen molar-refractivity contribution < 1.29 is 18.1 Å². The van der Waals surface area contributed by atoms with Gasteiger partial charge in [0.25, 0.3) is 0 Å². The van der Waals surface area contributed by atoms with Gasteiger partial charge in [-0.15, -0.1) is 5.10 Å². The van der Waals surface area contributed by atoms with Crippen LogP contribution in [0.1, 0.15) is 41.4 Å². The minimum Gasteiger partial charge on any atom is -0.322 e. The fourth-order valence-electron chi connectivity index (χ4n) is 4.04. The van der Waals surface area contributed by atoms with E-state index in [0.717, 1.165) is 44.0 Å². The predicted octanol–water partition coefficient (Wildman–Crippen LogP) is 2.70. The highest BCUT2D eigenvalue weighted by Gasteiger charge is 2.36. The molecule has 29 heavy (non-hydrogen) atoms. The van der Waals surface area contributed by atoms with E-state index in [1.807, 2.05) is 30.3 Å². The SMILES string of the molecule is FC(F)(F)c1cccc([C@H](c2nnnn2CCc2ccccc2)[NH+]2CCCC2)c1. The average Bonchev–Trinajstić information content (AvgIpc) is 3.40. The fourth-order valence-corrected chi connectivity index (χ4v) is 4.04. The van der Waals surface area contributed by atoms with Crippen molar-refractivity contribution in [1.82, 2.24) is 20.2 Å². The molecule has 1 aliphatic heterocycles. The van der Waals surface area contributed by atoms with Crippen molar-refractivity contribution in [3.05, 3.63) is 77.1 Å². The van der Waals surface area contributed by atoms with Crippen molar-refractivity contribution >= 4 is 0 Å². The van der Waals surface area contributed by atoms with Gasteiger partial charge in [0.05, 0.1) is 18.7 Å². The quantitative estimate of drug-likeness (QED) is 0.690. The van der Waals surface area contributed by atoms with Crippen LogP contribution in [0, 0.1) is 0 Å². The Morgan fingerprint density at radius 2 is 1.76 bits per heavy atom. The van der Waals surface area contributed by atoms with Crippen LogP contribution in [0.5, 0.6) is 0 Å². The zero-order valence-electron chi connectivity index (χ0n) is 15.9. The van der Waals surface area contributed by atoms with Crippen LogP contribution in [0.4, 0.5) is 13.2 Å². The predicted molar refractivity (Wildman–Crippen MR) is 101 cm³/mol. The van der Waals surface area contributed by atoms with Gasteiger partial charge >= 0.3 is 6.18 Å². The van der Waals surface area contributed by atoms with Gasteiger partial charge in [-0.05, 0) is 34.5 Å². The van der Waals surface area contributed by atoms with Gasteiger partial charge in [-0.2, -0.15) is 13.2 Å². The Hall–Kier alpha value is -2.74. The lowest BCUT2D eigenvalue weighted by molar-refractivity contribution is -0.914. The van der Waals surface area contributed by atoms with Gasteiger partial charge in [0, 0.05) is 24.9 Å². The summed E-state index contributed by atoms with van der Waals surface area (Å²) in [6.07, 6.45) is -1.52. The molecule has 0 bridgehead atoms. The molecular weight excluding hydrogens is 379 g/mol. The minimum absolute atomic E-state index is 0.314. The number of hydrogen-bond acceptors (Lipinski definition) is 3. The van der Waals surface area contributed by atoms with Crippen LogP contribution >= 0.6 is 0 Å². The summed E-state index contributed by atoms with van der Waals surface area (Å²) in [6.45, 7) is 2.37. The Bertz CT molecular complexity index is 933. The standard InChI is InChI=1S/C21H22F3N5/c22-21(23,24)18-10-6-9-17(15-18)19(28-12-4-5-13-28)20-25-26-27-29(20)14-11-16-7-2-1-3-8-16/h1-3,6-10,15,19H,4-5,11-14H2/p+1/t19-/m1/s1. The van der Waals surface area contributed by atoms with Crippen LogP contribution in [-0.4, -0.2) is 33.3 Å². The van der Waals surface area contributed by atoms with Gasteiger partial charge in [0.2, 0.25) is 5.82 Å². The first-order chi connectivity index (χ1) is 14.0. The number of hydrogen-bond donors (Lipinski definition) is 1. The first-order valence-electron chi connectivity index (χ1n) is 9.84. The van der Waals surface area contributed by atoms with Gasteiger partial charge in [0.15, 0.2) is 6.04 Å². The van der Waals surface area contributed by atoms with Gasteiger partial charge in [0.1, 0.15) is 0 Å². The zero-order chi connectivity index (χ0) is 20.3. The van der Waals surface area contributed by atoms with E-state index in [9.17, 15) is 13.2 Å². The monoisotopic (exact) mass is 402 g/mol. The van der Waals surface area contributed by atoms with Crippen molar-refractivity contribution in [1.29, 1.82) is 0 Å². The Kier molecular flexibility index (Phi) is 5.62. The largest absolute Gasteiger partial charge is 0.416 e. The number of likely N-dealkylation sites (tertiary alicyclic amines) is 1. The third-order valence-corrected chi connectivity index (χ3v) is 5.47. The van der Waals surface area contributed by atoms with Crippen molar-refractivity contribution in [3.63, 3.8) is 0 Å².